The van der Waals surface area contributed by atoms with E-state index < -0.39 is 0 Å². The molecule has 0 amide bonds. The van der Waals surface area contributed by atoms with Crippen molar-refractivity contribution in [1.82, 2.24) is 0 Å². The van der Waals surface area contributed by atoms with Crippen molar-refractivity contribution in [2.75, 3.05) is 0 Å². The summed E-state index contributed by atoms with van der Waals surface area (Å²) in [6.07, 6.45) is 5.31. The number of nitriles is 1. The molecule has 2 rings (SSSR count). The van der Waals surface area contributed by atoms with E-state index in [2.05, 4.69) is 6.07 Å². The lowest BCUT2D eigenvalue weighted by atomic mass is 10.0. The molecule has 0 heterocycles. The predicted molar refractivity (Wildman–Crippen MR) is 34.6 cm³/mol. The molecular weight excluding hydrogens is 110 g/mol. The molecule has 0 N–H and O–H groups in total. The Morgan fingerprint density at radius 2 is 1.56 bits per heavy atom. The molecule has 0 bridgehead atoms. The van der Waals surface area contributed by atoms with Gasteiger partial charge < -0.3 is 0 Å². The minimum Gasteiger partial charge on any atom is -0.198 e. The molecule has 2 aliphatic rings. The standard InChI is InChI=1S/C8H11N/c9-5-8(6-1-2-6)7-3-4-7/h6-8H,1-4H2. The van der Waals surface area contributed by atoms with Gasteiger partial charge in [0, 0.05) is 0 Å². The Morgan fingerprint density at radius 3 is 1.78 bits per heavy atom. The SMILES string of the molecule is N#CC(C1CC1)C1CC1. The summed E-state index contributed by atoms with van der Waals surface area (Å²) in [6, 6.07) is 2.43. The van der Waals surface area contributed by atoms with Crippen LogP contribution in [0.1, 0.15) is 25.7 Å². The fourth-order valence-corrected chi connectivity index (χ4v) is 1.51. The Labute approximate surface area is 55.7 Å². The van der Waals surface area contributed by atoms with E-state index in [1.54, 1.807) is 0 Å². The van der Waals surface area contributed by atoms with E-state index in [-0.39, 0.29) is 0 Å². The molecule has 1 nitrogen and oxygen atoms in total. The second-order valence-corrected chi connectivity index (χ2v) is 3.33. The summed E-state index contributed by atoms with van der Waals surface area (Å²) >= 11 is 0. The van der Waals surface area contributed by atoms with Gasteiger partial charge >= 0.3 is 0 Å². The fraction of sp³-hybridized carbons (Fsp3) is 0.875. The molecule has 1 heteroatoms. The van der Waals surface area contributed by atoms with Crippen molar-refractivity contribution in [3.8, 4) is 6.07 Å². The minimum absolute atomic E-state index is 0.449. The number of hydrogen-bond donors (Lipinski definition) is 0. The summed E-state index contributed by atoms with van der Waals surface area (Å²) in [5, 5.41) is 8.70. The zero-order valence-electron chi connectivity index (χ0n) is 5.51. The van der Waals surface area contributed by atoms with Gasteiger partial charge in [0.2, 0.25) is 0 Å². The Bertz CT molecular complexity index is 136. The van der Waals surface area contributed by atoms with Crippen LogP contribution < -0.4 is 0 Å². The second-order valence-electron chi connectivity index (χ2n) is 3.33. The average Bonchev–Trinajstić information content (AvgIpc) is 2.61. The van der Waals surface area contributed by atoms with Gasteiger partial charge in [-0.2, -0.15) is 5.26 Å². The van der Waals surface area contributed by atoms with Crippen LogP contribution in [0, 0.1) is 29.1 Å². The molecule has 48 valence electrons. The highest BCUT2D eigenvalue weighted by Gasteiger charge is 2.41. The van der Waals surface area contributed by atoms with Crippen LogP contribution in [0.4, 0.5) is 0 Å². The molecule has 0 aromatic rings. The van der Waals surface area contributed by atoms with Gasteiger partial charge in [-0.1, -0.05) is 0 Å². The van der Waals surface area contributed by atoms with Gasteiger partial charge in [0.1, 0.15) is 0 Å². The number of rotatable bonds is 2. The first-order valence-electron chi connectivity index (χ1n) is 3.81. The largest absolute Gasteiger partial charge is 0.198 e. The van der Waals surface area contributed by atoms with Crippen molar-refractivity contribution >= 4 is 0 Å². The molecule has 0 aromatic carbocycles. The number of nitrogens with zero attached hydrogens (tertiary/aromatic N) is 1. The maximum absolute atomic E-state index is 8.70. The molecule has 0 radical (unpaired) electrons. The molecule has 0 aliphatic heterocycles. The van der Waals surface area contributed by atoms with Crippen LogP contribution in [-0.4, -0.2) is 0 Å². The lowest BCUT2D eigenvalue weighted by Crippen LogP contribution is -2.00. The highest BCUT2D eigenvalue weighted by molar-refractivity contribution is 5.02. The monoisotopic (exact) mass is 121 g/mol. The smallest absolute Gasteiger partial charge is 0.0661 e. The van der Waals surface area contributed by atoms with E-state index in [1.165, 1.54) is 25.7 Å². The van der Waals surface area contributed by atoms with Crippen LogP contribution in [0.25, 0.3) is 0 Å². The summed E-state index contributed by atoms with van der Waals surface area (Å²) < 4.78 is 0. The topological polar surface area (TPSA) is 23.8 Å². The van der Waals surface area contributed by atoms with E-state index in [0.717, 1.165) is 11.8 Å². The average molecular weight is 121 g/mol. The van der Waals surface area contributed by atoms with Crippen molar-refractivity contribution in [3.05, 3.63) is 0 Å². The zero-order valence-corrected chi connectivity index (χ0v) is 5.51. The van der Waals surface area contributed by atoms with Gasteiger partial charge in [-0.05, 0) is 37.5 Å². The van der Waals surface area contributed by atoms with Crippen molar-refractivity contribution in [1.29, 1.82) is 5.26 Å². The Balaban J connectivity index is 1.94. The third-order valence-corrected chi connectivity index (χ3v) is 2.41. The first-order valence-corrected chi connectivity index (χ1v) is 3.81. The van der Waals surface area contributed by atoms with Crippen LogP contribution in [-0.2, 0) is 0 Å². The maximum atomic E-state index is 8.70. The van der Waals surface area contributed by atoms with Crippen LogP contribution in [0.5, 0.6) is 0 Å². The Morgan fingerprint density at radius 1 is 1.11 bits per heavy atom. The van der Waals surface area contributed by atoms with Crippen molar-refractivity contribution < 1.29 is 0 Å². The van der Waals surface area contributed by atoms with Crippen molar-refractivity contribution in [2.45, 2.75) is 25.7 Å². The summed E-state index contributed by atoms with van der Waals surface area (Å²) in [4.78, 5) is 0. The van der Waals surface area contributed by atoms with E-state index in [4.69, 9.17) is 5.26 Å². The Hall–Kier alpha value is -0.510. The molecule has 0 saturated heterocycles. The van der Waals surface area contributed by atoms with Gasteiger partial charge in [0.25, 0.3) is 0 Å². The first kappa shape index (κ1) is 5.29. The van der Waals surface area contributed by atoms with Crippen LogP contribution in [0.15, 0.2) is 0 Å². The van der Waals surface area contributed by atoms with E-state index in [0.29, 0.717) is 5.92 Å². The van der Waals surface area contributed by atoms with E-state index in [1.807, 2.05) is 0 Å². The predicted octanol–water partition coefficient (Wildman–Crippen LogP) is 1.95. The van der Waals surface area contributed by atoms with E-state index >= 15 is 0 Å². The molecule has 0 aromatic heterocycles. The number of hydrogen-bond acceptors (Lipinski definition) is 1. The normalized spacial score (nSPS) is 26.2. The summed E-state index contributed by atoms with van der Waals surface area (Å²) in [7, 11) is 0. The fourth-order valence-electron chi connectivity index (χ4n) is 1.51. The Kier molecular flexibility index (Phi) is 1.02. The molecule has 0 unspecified atom stereocenters. The molecular formula is C8H11N. The molecule has 0 atom stereocenters. The van der Waals surface area contributed by atoms with E-state index in [9.17, 15) is 0 Å². The zero-order chi connectivity index (χ0) is 6.27. The van der Waals surface area contributed by atoms with Crippen LogP contribution in [0.2, 0.25) is 0 Å². The summed E-state index contributed by atoms with van der Waals surface area (Å²) in [6.45, 7) is 0. The highest BCUT2D eigenvalue weighted by atomic mass is 14.5. The molecule has 9 heavy (non-hydrogen) atoms. The van der Waals surface area contributed by atoms with Gasteiger partial charge in [-0.15, -0.1) is 0 Å². The van der Waals surface area contributed by atoms with Crippen LogP contribution >= 0.6 is 0 Å². The minimum atomic E-state index is 0.449. The maximum Gasteiger partial charge on any atom is 0.0661 e. The second kappa shape index (κ2) is 1.73. The molecule has 2 saturated carbocycles. The van der Waals surface area contributed by atoms with Crippen molar-refractivity contribution in [2.24, 2.45) is 17.8 Å². The van der Waals surface area contributed by atoms with Crippen molar-refractivity contribution in [3.63, 3.8) is 0 Å². The highest BCUT2D eigenvalue weighted by Crippen LogP contribution is 2.48. The van der Waals surface area contributed by atoms with Gasteiger partial charge in [0.05, 0.1) is 12.0 Å². The molecule has 0 spiro atoms. The van der Waals surface area contributed by atoms with Gasteiger partial charge in [0.15, 0.2) is 0 Å². The molecule has 2 aliphatic carbocycles. The van der Waals surface area contributed by atoms with Gasteiger partial charge in [-0.3, -0.25) is 0 Å². The summed E-state index contributed by atoms with van der Waals surface area (Å²) in [5.74, 6) is 2.06. The third kappa shape index (κ3) is 0.941. The summed E-state index contributed by atoms with van der Waals surface area (Å²) in [5.41, 5.74) is 0. The first-order chi connectivity index (χ1) is 4.42. The lowest BCUT2D eigenvalue weighted by molar-refractivity contribution is 0.514. The lowest BCUT2D eigenvalue weighted by Gasteiger charge is -2.01. The van der Waals surface area contributed by atoms with Gasteiger partial charge in [-0.25, -0.2) is 0 Å². The third-order valence-electron chi connectivity index (χ3n) is 2.41. The van der Waals surface area contributed by atoms with Crippen LogP contribution in [0.3, 0.4) is 0 Å². The quantitative estimate of drug-likeness (QED) is 0.547. The molecule has 2 fully saturated rings.